The fourth-order valence-electron chi connectivity index (χ4n) is 5.79. The molecule has 0 bridgehead atoms. The predicted octanol–water partition coefficient (Wildman–Crippen LogP) is 8.07. The maximum absolute atomic E-state index is 9.12. The van der Waals surface area contributed by atoms with Crippen molar-refractivity contribution < 1.29 is 0 Å². The molecular formula is C29H37N. The summed E-state index contributed by atoms with van der Waals surface area (Å²) in [4.78, 5) is 0. The number of hydrogen-bond donors (Lipinski definition) is 0. The molecule has 0 aliphatic heterocycles. The van der Waals surface area contributed by atoms with Crippen LogP contribution in [0.15, 0.2) is 42.5 Å². The smallest absolute Gasteiger partial charge is 0.0991 e. The van der Waals surface area contributed by atoms with Crippen molar-refractivity contribution in [3.8, 4) is 6.07 Å². The average Bonchev–Trinajstić information content (AvgIpc) is 2.82. The molecule has 0 radical (unpaired) electrons. The van der Waals surface area contributed by atoms with Crippen molar-refractivity contribution in [1.29, 1.82) is 5.26 Å². The Morgan fingerprint density at radius 1 is 0.800 bits per heavy atom. The van der Waals surface area contributed by atoms with E-state index in [0.717, 1.165) is 30.2 Å². The van der Waals surface area contributed by atoms with E-state index >= 15 is 0 Å². The van der Waals surface area contributed by atoms with E-state index in [1.807, 2.05) is 6.07 Å². The lowest BCUT2D eigenvalue weighted by molar-refractivity contribution is 0.302. The number of nitrogens with zero attached hydrogens (tertiary/aromatic N) is 1. The zero-order chi connectivity index (χ0) is 20.8. The third-order valence-electron chi connectivity index (χ3n) is 7.76. The van der Waals surface area contributed by atoms with Gasteiger partial charge in [0.05, 0.1) is 11.6 Å². The molecule has 1 saturated carbocycles. The van der Waals surface area contributed by atoms with Crippen LogP contribution in [0.1, 0.15) is 111 Å². The van der Waals surface area contributed by atoms with Crippen molar-refractivity contribution in [2.45, 2.75) is 95.8 Å². The predicted molar refractivity (Wildman–Crippen MR) is 126 cm³/mol. The summed E-state index contributed by atoms with van der Waals surface area (Å²) in [5.74, 6) is 2.39. The number of rotatable bonds is 7. The summed E-state index contributed by atoms with van der Waals surface area (Å²) in [6.07, 6.45) is 16.1. The topological polar surface area (TPSA) is 23.8 Å². The Morgan fingerprint density at radius 2 is 1.53 bits per heavy atom. The number of unbranched alkanes of at least 4 members (excludes halogenated alkanes) is 3. The Bertz CT molecular complexity index is 849. The standard InChI is InChI=1S/C29H37N/c1-2-3-4-5-6-22-7-10-24(11-8-22)25-13-15-26(16-14-25)28-18-17-27-19-23(21-30)9-12-29(27)20-28/h9,12-16,19,22,24,28H,2-8,10-11,17-18,20H2,1H3. The van der Waals surface area contributed by atoms with Gasteiger partial charge in [-0.3, -0.25) is 0 Å². The quantitative estimate of drug-likeness (QED) is 0.432. The number of hydrogen-bond acceptors (Lipinski definition) is 1. The fraction of sp³-hybridized carbons (Fsp3) is 0.552. The van der Waals surface area contributed by atoms with Crippen LogP contribution in [0.25, 0.3) is 0 Å². The van der Waals surface area contributed by atoms with Crippen LogP contribution in [0.3, 0.4) is 0 Å². The van der Waals surface area contributed by atoms with Crippen LogP contribution in [0, 0.1) is 17.2 Å². The molecule has 2 aliphatic rings. The molecule has 2 aromatic carbocycles. The molecule has 2 aliphatic carbocycles. The Hall–Kier alpha value is -2.07. The van der Waals surface area contributed by atoms with Crippen molar-refractivity contribution >= 4 is 0 Å². The normalized spacial score (nSPS) is 23.5. The minimum Gasteiger partial charge on any atom is -0.192 e. The molecule has 1 nitrogen and oxygen atoms in total. The first-order valence-electron chi connectivity index (χ1n) is 12.4. The summed E-state index contributed by atoms with van der Waals surface area (Å²) < 4.78 is 0. The van der Waals surface area contributed by atoms with Gasteiger partial charge in [-0.1, -0.05) is 69.4 Å². The van der Waals surface area contributed by atoms with Gasteiger partial charge in [-0.15, -0.1) is 0 Å². The first kappa shape index (κ1) is 21.2. The van der Waals surface area contributed by atoms with E-state index in [2.05, 4.69) is 49.4 Å². The molecule has 1 unspecified atom stereocenters. The molecule has 0 spiro atoms. The van der Waals surface area contributed by atoms with E-state index < -0.39 is 0 Å². The van der Waals surface area contributed by atoms with E-state index in [9.17, 15) is 0 Å². The molecule has 1 heteroatoms. The summed E-state index contributed by atoms with van der Waals surface area (Å²) in [5.41, 5.74) is 6.68. The Labute approximate surface area is 183 Å². The van der Waals surface area contributed by atoms with Crippen LogP contribution in [0.5, 0.6) is 0 Å². The number of nitriles is 1. The second-order valence-corrected chi connectivity index (χ2v) is 9.77. The van der Waals surface area contributed by atoms with Gasteiger partial charge in [0.15, 0.2) is 0 Å². The zero-order valence-corrected chi connectivity index (χ0v) is 18.7. The second-order valence-electron chi connectivity index (χ2n) is 9.77. The van der Waals surface area contributed by atoms with Gasteiger partial charge in [-0.05, 0) is 97.1 Å². The van der Waals surface area contributed by atoms with Gasteiger partial charge >= 0.3 is 0 Å². The highest BCUT2D eigenvalue weighted by Gasteiger charge is 2.23. The highest BCUT2D eigenvalue weighted by molar-refractivity contribution is 5.41. The molecular weight excluding hydrogens is 362 g/mol. The first-order valence-corrected chi connectivity index (χ1v) is 12.4. The Morgan fingerprint density at radius 3 is 2.23 bits per heavy atom. The zero-order valence-electron chi connectivity index (χ0n) is 18.7. The fourth-order valence-corrected chi connectivity index (χ4v) is 5.79. The van der Waals surface area contributed by atoms with Crippen molar-refractivity contribution in [1.82, 2.24) is 0 Å². The van der Waals surface area contributed by atoms with E-state index in [-0.39, 0.29) is 0 Å². The maximum atomic E-state index is 9.12. The van der Waals surface area contributed by atoms with Crippen molar-refractivity contribution in [2.75, 3.05) is 0 Å². The maximum Gasteiger partial charge on any atom is 0.0991 e. The Kier molecular flexibility index (Phi) is 7.27. The Balaban J connectivity index is 1.30. The van der Waals surface area contributed by atoms with Crippen LogP contribution < -0.4 is 0 Å². The highest BCUT2D eigenvalue weighted by atomic mass is 14.3. The molecule has 0 saturated heterocycles. The molecule has 30 heavy (non-hydrogen) atoms. The largest absolute Gasteiger partial charge is 0.192 e. The molecule has 2 aromatic rings. The molecule has 1 atom stereocenters. The van der Waals surface area contributed by atoms with Gasteiger partial charge in [0.2, 0.25) is 0 Å². The SMILES string of the molecule is CCCCCCC1CCC(c2ccc(C3CCc4cc(C#N)ccc4C3)cc2)CC1. The lowest BCUT2D eigenvalue weighted by Crippen LogP contribution is -2.14. The van der Waals surface area contributed by atoms with E-state index in [0.29, 0.717) is 5.92 Å². The number of fused-ring (bicyclic) bond motifs is 1. The lowest BCUT2D eigenvalue weighted by atomic mass is 9.76. The summed E-state index contributed by atoms with van der Waals surface area (Å²) in [7, 11) is 0. The molecule has 0 N–H and O–H groups in total. The minimum absolute atomic E-state index is 0.623. The minimum atomic E-state index is 0.623. The molecule has 1 fully saturated rings. The second kappa shape index (κ2) is 10.3. The monoisotopic (exact) mass is 399 g/mol. The van der Waals surface area contributed by atoms with Gasteiger partial charge in [-0.2, -0.15) is 5.26 Å². The summed E-state index contributed by atoms with van der Waals surface area (Å²) in [6, 6.07) is 18.2. The first-order chi connectivity index (χ1) is 14.8. The lowest BCUT2D eigenvalue weighted by Gasteiger charge is -2.29. The van der Waals surface area contributed by atoms with Gasteiger partial charge in [0.25, 0.3) is 0 Å². The number of benzene rings is 2. The van der Waals surface area contributed by atoms with Gasteiger partial charge < -0.3 is 0 Å². The van der Waals surface area contributed by atoms with Crippen LogP contribution >= 0.6 is 0 Å². The van der Waals surface area contributed by atoms with Gasteiger partial charge in [0, 0.05) is 0 Å². The molecule has 0 amide bonds. The van der Waals surface area contributed by atoms with Gasteiger partial charge in [-0.25, -0.2) is 0 Å². The van der Waals surface area contributed by atoms with E-state index in [4.69, 9.17) is 5.26 Å². The van der Waals surface area contributed by atoms with Crippen LogP contribution in [0.4, 0.5) is 0 Å². The van der Waals surface area contributed by atoms with Crippen LogP contribution in [-0.2, 0) is 12.8 Å². The molecule has 4 rings (SSSR count). The highest BCUT2D eigenvalue weighted by Crippen LogP contribution is 2.39. The van der Waals surface area contributed by atoms with Crippen LogP contribution in [0.2, 0.25) is 0 Å². The molecule has 0 aromatic heterocycles. The van der Waals surface area contributed by atoms with Crippen molar-refractivity contribution in [2.24, 2.45) is 5.92 Å². The summed E-state index contributed by atoms with van der Waals surface area (Å²) >= 11 is 0. The number of aryl methyl sites for hydroxylation is 1. The van der Waals surface area contributed by atoms with E-state index in [1.165, 1.54) is 80.9 Å². The van der Waals surface area contributed by atoms with Crippen LogP contribution in [-0.4, -0.2) is 0 Å². The van der Waals surface area contributed by atoms with Crippen molar-refractivity contribution in [3.63, 3.8) is 0 Å². The summed E-state index contributed by atoms with van der Waals surface area (Å²) in [5, 5.41) is 9.12. The molecule has 0 heterocycles. The third kappa shape index (κ3) is 5.15. The van der Waals surface area contributed by atoms with E-state index in [1.54, 1.807) is 5.56 Å². The molecule has 158 valence electrons. The summed E-state index contributed by atoms with van der Waals surface area (Å²) in [6.45, 7) is 2.30. The van der Waals surface area contributed by atoms with Crippen molar-refractivity contribution in [3.05, 3.63) is 70.3 Å². The van der Waals surface area contributed by atoms with Gasteiger partial charge in [0.1, 0.15) is 0 Å². The third-order valence-corrected chi connectivity index (χ3v) is 7.76. The average molecular weight is 400 g/mol.